The summed E-state index contributed by atoms with van der Waals surface area (Å²) in [6.07, 6.45) is 9.71. The minimum Gasteiger partial charge on any atom is -0.459 e. The van der Waals surface area contributed by atoms with E-state index in [9.17, 15) is 14.4 Å². The number of hydrogen-bond acceptors (Lipinski definition) is 5. The van der Waals surface area contributed by atoms with Crippen molar-refractivity contribution >= 4 is 23.4 Å². The third-order valence-electron chi connectivity index (χ3n) is 6.28. The highest BCUT2D eigenvalue weighted by Gasteiger charge is 2.35. The van der Waals surface area contributed by atoms with Crippen molar-refractivity contribution in [3.05, 3.63) is 84.1 Å². The molecule has 0 unspecified atom stereocenters. The van der Waals surface area contributed by atoms with Crippen LogP contribution in [0.25, 0.3) is 0 Å². The normalized spacial score (nSPS) is 14.7. The summed E-state index contributed by atoms with van der Waals surface area (Å²) in [5, 5.41) is 5.78. The quantitative estimate of drug-likeness (QED) is 0.515. The van der Waals surface area contributed by atoms with E-state index in [0.29, 0.717) is 5.69 Å². The summed E-state index contributed by atoms with van der Waals surface area (Å²) in [6.45, 7) is 1.61. The number of carbonyl (C=O) groups excluding carboxylic acids is 3. The standard InChI is InChI=1S/C27H30N4O4/c1-19-9-5-6-13-22(19)25(27(34)30-20-10-3-2-4-11-20)31(21-12-7-15-28-17-21)24(32)18-29-26(33)23-14-8-16-35-23/h5-9,12-17,20,25H,2-4,10-11,18H2,1H3,(H,29,33)(H,30,34)/t25-/m1/s1. The van der Waals surface area contributed by atoms with E-state index < -0.39 is 17.9 Å². The van der Waals surface area contributed by atoms with Crippen LogP contribution in [0.5, 0.6) is 0 Å². The van der Waals surface area contributed by atoms with Crippen LogP contribution in [-0.4, -0.2) is 35.3 Å². The molecule has 1 atom stereocenters. The van der Waals surface area contributed by atoms with Gasteiger partial charge in [-0.3, -0.25) is 24.3 Å². The Morgan fingerprint density at radius 2 is 1.86 bits per heavy atom. The van der Waals surface area contributed by atoms with Crippen molar-refractivity contribution in [1.29, 1.82) is 0 Å². The van der Waals surface area contributed by atoms with Gasteiger partial charge < -0.3 is 15.1 Å². The van der Waals surface area contributed by atoms with Gasteiger partial charge in [0, 0.05) is 12.2 Å². The van der Waals surface area contributed by atoms with Crippen molar-refractivity contribution in [2.24, 2.45) is 0 Å². The fourth-order valence-corrected chi connectivity index (χ4v) is 4.49. The average Bonchev–Trinajstić information content (AvgIpc) is 3.42. The minimum absolute atomic E-state index is 0.0762. The average molecular weight is 475 g/mol. The Balaban J connectivity index is 1.66. The molecule has 0 bridgehead atoms. The number of rotatable bonds is 8. The Morgan fingerprint density at radius 1 is 1.06 bits per heavy atom. The molecule has 0 aliphatic heterocycles. The molecule has 0 radical (unpaired) electrons. The van der Waals surface area contributed by atoms with Crippen LogP contribution in [0.3, 0.4) is 0 Å². The van der Waals surface area contributed by atoms with Crippen molar-refractivity contribution in [2.75, 3.05) is 11.4 Å². The SMILES string of the molecule is Cc1ccccc1[C@H](C(=O)NC1CCCCC1)N(C(=O)CNC(=O)c1ccco1)c1cccnc1. The Kier molecular flexibility index (Phi) is 7.92. The van der Waals surface area contributed by atoms with E-state index in [1.807, 2.05) is 31.2 Å². The fourth-order valence-electron chi connectivity index (χ4n) is 4.49. The van der Waals surface area contributed by atoms with Crippen LogP contribution in [-0.2, 0) is 9.59 Å². The highest BCUT2D eigenvalue weighted by Crippen LogP contribution is 2.30. The molecule has 2 N–H and O–H groups in total. The van der Waals surface area contributed by atoms with Crippen LogP contribution >= 0.6 is 0 Å². The summed E-state index contributed by atoms with van der Waals surface area (Å²) >= 11 is 0. The molecular formula is C27H30N4O4. The molecule has 2 aromatic heterocycles. The summed E-state index contributed by atoms with van der Waals surface area (Å²) in [6, 6.07) is 13.3. The van der Waals surface area contributed by atoms with Gasteiger partial charge in [-0.2, -0.15) is 0 Å². The number of carbonyl (C=O) groups is 3. The molecule has 1 aliphatic carbocycles. The molecule has 1 aliphatic rings. The lowest BCUT2D eigenvalue weighted by molar-refractivity contribution is -0.127. The number of nitrogens with zero attached hydrogens (tertiary/aromatic N) is 2. The zero-order valence-electron chi connectivity index (χ0n) is 19.8. The molecule has 1 fully saturated rings. The molecule has 35 heavy (non-hydrogen) atoms. The van der Waals surface area contributed by atoms with E-state index in [2.05, 4.69) is 15.6 Å². The van der Waals surface area contributed by atoms with Gasteiger partial charge in [-0.15, -0.1) is 0 Å². The molecule has 1 saturated carbocycles. The number of hydrogen-bond donors (Lipinski definition) is 2. The number of aromatic nitrogens is 1. The number of anilines is 1. The van der Waals surface area contributed by atoms with E-state index in [0.717, 1.165) is 36.8 Å². The second-order valence-corrected chi connectivity index (χ2v) is 8.74. The van der Waals surface area contributed by atoms with Gasteiger partial charge in [-0.05, 0) is 55.2 Å². The summed E-state index contributed by atoms with van der Waals surface area (Å²) in [5.41, 5.74) is 2.07. The van der Waals surface area contributed by atoms with Crippen molar-refractivity contribution < 1.29 is 18.8 Å². The number of pyridine rings is 1. The van der Waals surface area contributed by atoms with E-state index in [4.69, 9.17) is 4.42 Å². The second-order valence-electron chi connectivity index (χ2n) is 8.74. The highest BCUT2D eigenvalue weighted by molar-refractivity contribution is 6.04. The first-order valence-electron chi connectivity index (χ1n) is 11.9. The van der Waals surface area contributed by atoms with Crippen LogP contribution in [0.4, 0.5) is 5.69 Å². The van der Waals surface area contributed by atoms with Crippen LogP contribution in [0, 0.1) is 6.92 Å². The second kappa shape index (κ2) is 11.5. The first-order valence-corrected chi connectivity index (χ1v) is 11.9. The van der Waals surface area contributed by atoms with Crippen molar-refractivity contribution in [2.45, 2.75) is 51.1 Å². The van der Waals surface area contributed by atoms with Crippen LogP contribution < -0.4 is 15.5 Å². The molecule has 0 saturated heterocycles. The molecular weight excluding hydrogens is 444 g/mol. The smallest absolute Gasteiger partial charge is 0.287 e. The largest absolute Gasteiger partial charge is 0.459 e. The van der Waals surface area contributed by atoms with Gasteiger partial charge in [0.25, 0.3) is 5.91 Å². The predicted octanol–water partition coefficient (Wildman–Crippen LogP) is 3.94. The summed E-state index contributed by atoms with van der Waals surface area (Å²) in [5.74, 6) is -1.09. The summed E-state index contributed by atoms with van der Waals surface area (Å²) in [4.78, 5) is 45.4. The van der Waals surface area contributed by atoms with Gasteiger partial charge in [0.2, 0.25) is 11.8 Å². The molecule has 0 spiro atoms. The van der Waals surface area contributed by atoms with Crippen molar-refractivity contribution in [1.82, 2.24) is 15.6 Å². The van der Waals surface area contributed by atoms with Gasteiger partial charge in [-0.1, -0.05) is 43.5 Å². The van der Waals surface area contributed by atoms with Crippen molar-refractivity contribution in [3.8, 4) is 0 Å². The first-order chi connectivity index (χ1) is 17.0. The zero-order chi connectivity index (χ0) is 24.6. The Labute approximate surface area is 204 Å². The van der Waals surface area contributed by atoms with E-state index in [-0.39, 0.29) is 24.3 Å². The molecule has 2 heterocycles. The molecule has 8 heteroatoms. The fraction of sp³-hybridized carbons (Fsp3) is 0.333. The van der Waals surface area contributed by atoms with Gasteiger partial charge in [0.1, 0.15) is 6.04 Å². The van der Waals surface area contributed by atoms with Gasteiger partial charge in [-0.25, -0.2) is 0 Å². The highest BCUT2D eigenvalue weighted by atomic mass is 16.3. The minimum atomic E-state index is -0.921. The Bertz CT molecular complexity index is 1140. The van der Waals surface area contributed by atoms with E-state index in [1.54, 1.807) is 30.6 Å². The first kappa shape index (κ1) is 24.2. The third kappa shape index (κ3) is 5.95. The number of benzene rings is 1. The molecule has 3 amide bonds. The van der Waals surface area contributed by atoms with Crippen molar-refractivity contribution in [3.63, 3.8) is 0 Å². The Morgan fingerprint density at radius 3 is 2.54 bits per heavy atom. The van der Waals surface area contributed by atoms with E-state index >= 15 is 0 Å². The van der Waals surface area contributed by atoms with E-state index in [1.165, 1.54) is 23.7 Å². The molecule has 8 nitrogen and oxygen atoms in total. The summed E-state index contributed by atoms with van der Waals surface area (Å²) < 4.78 is 5.12. The molecule has 182 valence electrons. The maximum atomic E-state index is 13.8. The number of furan rings is 1. The number of nitrogens with one attached hydrogen (secondary N) is 2. The topological polar surface area (TPSA) is 105 Å². The van der Waals surface area contributed by atoms with Gasteiger partial charge >= 0.3 is 0 Å². The third-order valence-corrected chi connectivity index (χ3v) is 6.28. The monoisotopic (exact) mass is 474 g/mol. The summed E-state index contributed by atoms with van der Waals surface area (Å²) in [7, 11) is 0. The lowest BCUT2D eigenvalue weighted by Gasteiger charge is -2.34. The number of aryl methyl sites for hydroxylation is 1. The maximum Gasteiger partial charge on any atom is 0.287 e. The lowest BCUT2D eigenvalue weighted by atomic mass is 9.94. The number of amides is 3. The van der Waals surface area contributed by atoms with Crippen LogP contribution in [0.2, 0.25) is 0 Å². The predicted molar refractivity (Wildman–Crippen MR) is 132 cm³/mol. The molecule has 4 rings (SSSR count). The molecule has 3 aromatic rings. The van der Waals surface area contributed by atoms with Gasteiger partial charge in [0.15, 0.2) is 5.76 Å². The lowest BCUT2D eigenvalue weighted by Crippen LogP contribution is -2.50. The van der Waals surface area contributed by atoms with Gasteiger partial charge in [0.05, 0.1) is 24.7 Å². The molecule has 1 aromatic carbocycles. The van der Waals surface area contributed by atoms with Crippen LogP contribution in [0.1, 0.15) is 59.8 Å². The van der Waals surface area contributed by atoms with Crippen LogP contribution in [0.15, 0.2) is 71.6 Å². The zero-order valence-corrected chi connectivity index (χ0v) is 19.8. The maximum absolute atomic E-state index is 13.8. The Hall–Kier alpha value is -3.94.